The molecule has 0 spiro atoms. The predicted octanol–water partition coefficient (Wildman–Crippen LogP) is 3.36. The van der Waals surface area contributed by atoms with Crippen molar-refractivity contribution in [2.45, 2.75) is 46.3 Å². The Morgan fingerprint density at radius 2 is 1.78 bits per heavy atom. The first-order valence-electron chi connectivity index (χ1n) is 6.17. The van der Waals surface area contributed by atoms with Gasteiger partial charge in [-0.25, -0.2) is 4.79 Å². The van der Waals surface area contributed by atoms with Crippen molar-refractivity contribution < 1.29 is 19.3 Å². The van der Waals surface area contributed by atoms with Crippen molar-refractivity contribution in [3.05, 3.63) is 29.8 Å². The fraction of sp³-hybridized carbons (Fsp3) is 0.500. The molecular weight excluding hydrogens is 232 g/mol. The van der Waals surface area contributed by atoms with E-state index in [1.165, 1.54) is 0 Å². The SMILES string of the molecule is CCC(C)OOC(=O)c1ccc(OC(C)C)cc1. The zero-order valence-corrected chi connectivity index (χ0v) is 11.3. The maximum atomic E-state index is 11.6. The molecule has 4 nitrogen and oxygen atoms in total. The normalized spacial score (nSPS) is 12.3. The lowest BCUT2D eigenvalue weighted by atomic mass is 10.2. The molecule has 1 aromatic rings. The van der Waals surface area contributed by atoms with Crippen LogP contribution in [0.1, 0.15) is 44.5 Å². The van der Waals surface area contributed by atoms with Gasteiger partial charge >= 0.3 is 5.97 Å². The van der Waals surface area contributed by atoms with Crippen LogP contribution < -0.4 is 4.74 Å². The monoisotopic (exact) mass is 252 g/mol. The molecule has 18 heavy (non-hydrogen) atoms. The van der Waals surface area contributed by atoms with Gasteiger partial charge in [-0.15, -0.1) is 0 Å². The lowest BCUT2D eigenvalue weighted by molar-refractivity contribution is -0.270. The summed E-state index contributed by atoms with van der Waals surface area (Å²) in [6.45, 7) is 7.69. The number of carbonyl (C=O) groups excluding carboxylic acids is 1. The van der Waals surface area contributed by atoms with Crippen molar-refractivity contribution in [2.75, 3.05) is 0 Å². The van der Waals surface area contributed by atoms with E-state index in [0.29, 0.717) is 5.56 Å². The molecule has 1 unspecified atom stereocenters. The van der Waals surface area contributed by atoms with Crippen molar-refractivity contribution in [1.82, 2.24) is 0 Å². The highest BCUT2D eigenvalue weighted by atomic mass is 17.2. The summed E-state index contributed by atoms with van der Waals surface area (Å²) in [6, 6.07) is 6.78. The number of hydrogen-bond donors (Lipinski definition) is 0. The molecule has 0 bridgehead atoms. The van der Waals surface area contributed by atoms with Gasteiger partial charge in [0.05, 0.1) is 11.7 Å². The Morgan fingerprint density at radius 3 is 2.28 bits per heavy atom. The second-order valence-corrected chi connectivity index (χ2v) is 4.38. The van der Waals surface area contributed by atoms with Crippen LogP contribution in [0, 0.1) is 0 Å². The van der Waals surface area contributed by atoms with E-state index in [1.54, 1.807) is 24.3 Å². The highest BCUT2D eigenvalue weighted by Crippen LogP contribution is 2.14. The zero-order chi connectivity index (χ0) is 13.5. The molecule has 1 aromatic carbocycles. The van der Waals surface area contributed by atoms with Crippen LogP contribution in [0.5, 0.6) is 5.75 Å². The Kier molecular flexibility index (Phi) is 5.65. The summed E-state index contributed by atoms with van der Waals surface area (Å²) in [4.78, 5) is 21.3. The van der Waals surface area contributed by atoms with Gasteiger partial charge < -0.3 is 4.74 Å². The van der Waals surface area contributed by atoms with Crippen LogP contribution in [0.25, 0.3) is 0 Å². The quantitative estimate of drug-likeness (QED) is 0.575. The maximum absolute atomic E-state index is 11.6. The van der Waals surface area contributed by atoms with Crippen molar-refractivity contribution in [1.29, 1.82) is 0 Å². The molecule has 0 saturated heterocycles. The van der Waals surface area contributed by atoms with Crippen LogP contribution >= 0.6 is 0 Å². The second-order valence-electron chi connectivity index (χ2n) is 4.38. The van der Waals surface area contributed by atoms with Crippen LogP contribution in [-0.2, 0) is 9.78 Å². The first-order chi connectivity index (χ1) is 8.52. The molecule has 0 radical (unpaired) electrons. The predicted molar refractivity (Wildman–Crippen MR) is 68.5 cm³/mol. The topological polar surface area (TPSA) is 44.8 Å². The van der Waals surface area contributed by atoms with Crippen molar-refractivity contribution in [2.24, 2.45) is 0 Å². The second kappa shape index (κ2) is 7.01. The number of ether oxygens (including phenoxy) is 1. The number of hydrogen-bond acceptors (Lipinski definition) is 4. The fourth-order valence-corrected chi connectivity index (χ4v) is 1.18. The summed E-state index contributed by atoms with van der Waals surface area (Å²) < 4.78 is 5.48. The Hall–Kier alpha value is -1.55. The van der Waals surface area contributed by atoms with Crippen molar-refractivity contribution in [3.63, 3.8) is 0 Å². The fourth-order valence-electron chi connectivity index (χ4n) is 1.18. The average Bonchev–Trinajstić information content (AvgIpc) is 2.35. The maximum Gasteiger partial charge on any atom is 0.373 e. The standard InChI is InChI=1S/C14H20O4/c1-5-11(4)17-18-14(15)12-6-8-13(9-7-12)16-10(2)3/h6-11H,5H2,1-4H3. The molecule has 0 heterocycles. The Morgan fingerprint density at radius 1 is 1.17 bits per heavy atom. The molecule has 0 saturated carbocycles. The largest absolute Gasteiger partial charge is 0.491 e. The van der Waals surface area contributed by atoms with Crippen LogP contribution in [-0.4, -0.2) is 18.2 Å². The molecular formula is C14H20O4. The molecule has 0 aliphatic heterocycles. The molecule has 100 valence electrons. The van der Waals surface area contributed by atoms with Gasteiger partial charge in [0.1, 0.15) is 11.9 Å². The summed E-state index contributed by atoms with van der Waals surface area (Å²) in [5.41, 5.74) is 0.439. The summed E-state index contributed by atoms with van der Waals surface area (Å²) in [7, 11) is 0. The van der Waals surface area contributed by atoms with Crippen LogP contribution in [0.2, 0.25) is 0 Å². The molecule has 0 N–H and O–H groups in total. The van der Waals surface area contributed by atoms with Gasteiger partial charge in [0.15, 0.2) is 0 Å². The third-order valence-electron chi connectivity index (χ3n) is 2.32. The molecule has 0 aliphatic carbocycles. The van der Waals surface area contributed by atoms with Gasteiger partial charge in [-0.05, 0) is 51.5 Å². The number of rotatable bonds is 6. The minimum atomic E-state index is -0.494. The molecule has 0 fully saturated rings. The van der Waals surface area contributed by atoms with E-state index in [-0.39, 0.29) is 12.2 Å². The molecule has 0 aromatic heterocycles. The lowest BCUT2D eigenvalue weighted by Gasteiger charge is -2.10. The first kappa shape index (κ1) is 14.5. The van der Waals surface area contributed by atoms with E-state index in [2.05, 4.69) is 0 Å². The van der Waals surface area contributed by atoms with Gasteiger partial charge in [0.2, 0.25) is 0 Å². The van der Waals surface area contributed by atoms with Gasteiger partial charge in [-0.2, -0.15) is 4.89 Å². The van der Waals surface area contributed by atoms with E-state index < -0.39 is 5.97 Å². The van der Waals surface area contributed by atoms with Crippen LogP contribution in [0.15, 0.2) is 24.3 Å². The molecule has 0 aliphatic rings. The zero-order valence-electron chi connectivity index (χ0n) is 11.3. The molecule has 0 amide bonds. The van der Waals surface area contributed by atoms with Crippen molar-refractivity contribution >= 4 is 5.97 Å². The smallest absolute Gasteiger partial charge is 0.373 e. The average molecular weight is 252 g/mol. The summed E-state index contributed by atoms with van der Waals surface area (Å²) in [5, 5.41) is 0. The highest BCUT2D eigenvalue weighted by molar-refractivity contribution is 5.89. The first-order valence-corrected chi connectivity index (χ1v) is 6.17. The van der Waals surface area contributed by atoms with Crippen LogP contribution in [0.3, 0.4) is 0 Å². The number of benzene rings is 1. The van der Waals surface area contributed by atoms with Gasteiger partial charge in [0, 0.05) is 0 Å². The molecule has 1 rings (SSSR count). The summed E-state index contributed by atoms with van der Waals surface area (Å²) in [5.74, 6) is 0.232. The Balaban J connectivity index is 2.53. The Bertz CT molecular complexity index is 370. The minimum Gasteiger partial charge on any atom is -0.491 e. The summed E-state index contributed by atoms with van der Waals surface area (Å²) in [6.07, 6.45) is 0.795. The van der Waals surface area contributed by atoms with Crippen molar-refractivity contribution in [3.8, 4) is 5.75 Å². The van der Waals surface area contributed by atoms with Crippen LogP contribution in [0.4, 0.5) is 0 Å². The molecule has 1 atom stereocenters. The minimum absolute atomic E-state index is 0.0995. The lowest BCUT2D eigenvalue weighted by Crippen LogP contribution is -2.12. The van der Waals surface area contributed by atoms with Gasteiger partial charge in [0.25, 0.3) is 0 Å². The van der Waals surface area contributed by atoms with E-state index in [9.17, 15) is 4.79 Å². The van der Waals surface area contributed by atoms with E-state index in [1.807, 2.05) is 27.7 Å². The highest BCUT2D eigenvalue weighted by Gasteiger charge is 2.10. The third kappa shape index (κ3) is 4.75. The third-order valence-corrected chi connectivity index (χ3v) is 2.32. The molecule has 4 heteroatoms. The summed E-state index contributed by atoms with van der Waals surface area (Å²) >= 11 is 0. The van der Waals surface area contributed by atoms with E-state index in [0.717, 1.165) is 12.2 Å². The van der Waals surface area contributed by atoms with E-state index >= 15 is 0 Å². The van der Waals surface area contributed by atoms with Gasteiger partial charge in [-0.3, -0.25) is 4.89 Å². The Labute approximate surface area is 108 Å². The number of carbonyl (C=O) groups is 1. The van der Waals surface area contributed by atoms with E-state index in [4.69, 9.17) is 14.5 Å². The van der Waals surface area contributed by atoms with Gasteiger partial charge in [-0.1, -0.05) is 6.92 Å².